The van der Waals surface area contributed by atoms with Crippen molar-refractivity contribution in [1.82, 2.24) is 0 Å². The summed E-state index contributed by atoms with van der Waals surface area (Å²) in [7, 11) is -0.161. The third kappa shape index (κ3) is 4.11. The Hall–Kier alpha value is -1.21. The minimum absolute atomic E-state index is 0.161. The van der Waals surface area contributed by atoms with Crippen LogP contribution in [0.4, 0.5) is 0 Å². The molecule has 0 fully saturated rings. The van der Waals surface area contributed by atoms with E-state index in [4.69, 9.17) is 4.74 Å². The lowest BCUT2D eigenvalue weighted by Crippen LogP contribution is -2.18. The van der Waals surface area contributed by atoms with Gasteiger partial charge in [-0.3, -0.25) is 9.36 Å². The molecule has 1 aromatic rings. The second kappa shape index (κ2) is 7.13. The van der Waals surface area contributed by atoms with Gasteiger partial charge in [-0.25, -0.2) is 0 Å². The van der Waals surface area contributed by atoms with Gasteiger partial charge in [0.2, 0.25) is 0 Å². The van der Waals surface area contributed by atoms with Crippen molar-refractivity contribution in [1.29, 1.82) is 0 Å². The molecule has 0 aromatic heterocycles. The van der Waals surface area contributed by atoms with E-state index in [1.165, 1.54) is 0 Å². The Morgan fingerprint density at radius 1 is 1.38 bits per heavy atom. The molecule has 0 saturated carbocycles. The number of carbonyl (C=O) groups excluding carboxylic acids is 1. The number of carbonyl (C=O) groups is 1. The summed E-state index contributed by atoms with van der Waals surface area (Å²) in [5.41, 5.74) is 0.598. The molecule has 0 N–H and O–H groups in total. The summed E-state index contributed by atoms with van der Waals surface area (Å²) in [4.78, 5) is 11.4. The summed E-state index contributed by atoms with van der Waals surface area (Å²) in [6.07, 6.45) is 1.29. The first-order chi connectivity index (χ1) is 7.77. The number of aryl methyl sites for hydroxylation is 1. The second-order valence-electron chi connectivity index (χ2n) is 3.40. The van der Waals surface area contributed by atoms with Crippen LogP contribution in [0.2, 0.25) is 0 Å². The molecule has 1 unspecified atom stereocenters. The minimum Gasteiger partial charge on any atom is -0.465 e. The molecule has 1 rings (SSSR count). The van der Waals surface area contributed by atoms with Crippen LogP contribution in [0.15, 0.2) is 30.3 Å². The molecular weight excluding hydrogens is 223 g/mol. The lowest BCUT2D eigenvalue weighted by atomic mass is 10.1. The highest BCUT2D eigenvalue weighted by atomic mass is 31.1. The average molecular weight is 238 g/mol. The van der Waals surface area contributed by atoms with Gasteiger partial charge in [-0.2, -0.15) is 0 Å². The molecule has 0 heterocycles. The normalized spacial score (nSPS) is 12.3. The van der Waals surface area contributed by atoms with Gasteiger partial charge in [-0.15, -0.1) is 0 Å². The third-order valence-corrected chi connectivity index (χ3v) is 2.96. The monoisotopic (exact) mass is 238 g/mol. The van der Waals surface area contributed by atoms with E-state index >= 15 is 0 Å². The van der Waals surface area contributed by atoms with Gasteiger partial charge in [0, 0.05) is 0 Å². The van der Waals surface area contributed by atoms with E-state index in [0.29, 0.717) is 13.0 Å². The highest BCUT2D eigenvalue weighted by molar-refractivity contribution is 7.26. The molecule has 0 aliphatic rings. The Kier molecular flexibility index (Phi) is 5.73. The Bertz CT molecular complexity index is 337. The van der Waals surface area contributed by atoms with Gasteiger partial charge in [-0.1, -0.05) is 30.3 Å². The molecule has 0 spiro atoms. The molecule has 0 radical (unpaired) electrons. The average Bonchev–Trinajstić information content (AvgIpc) is 2.31. The molecule has 0 amide bonds. The maximum absolute atomic E-state index is 11.4. The topological polar surface area (TPSA) is 43.4 Å². The summed E-state index contributed by atoms with van der Waals surface area (Å²) < 4.78 is 15.7. The van der Waals surface area contributed by atoms with Gasteiger partial charge in [0.05, 0.1) is 6.61 Å². The number of hydrogen-bond donors (Lipinski definition) is 0. The molecular formula is C12H15O3P. The lowest BCUT2D eigenvalue weighted by Gasteiger charge is -2.08. The number of hydrogen-bond acceptors (Lipinski definition) is 3. The van der Waals surface area contributed by atoms with Crippen LogP contribution in [-0.4, -0.2) is 18.2 Å². The predicted molar refractivity (Wildman–Crippen MR) is 62.8 cm³/mol. The van der Waals surface area contributed by atoms with E-state index < -0.39 is 5.66 Å². The van der Waals surface area contributed by atoms with Crippen LogP contribution < -0.4 is 0 Å². The van der Waals surface area contributed by atoms with Crippen LogP contribution in [0.5, 0.6) is 0 Å². The van der Waals surface area contributed by atoms with Crippen LogP contribution in [0.1, 0.15) is 18.9 Å². The van der Waals surface area contributed by atoms with Gasteiger partial charge in [0.1, 0.15) is 5.66 Å². The fraction of sp³-hybridized carbons (Fsp3) is 0.417. The summed E-state index contributed by atoms with van der Waals surface area (Å²) >= 11 is 0. The molecule has 16 heavy (non-hydrogen) atoms. The van der Waals surface area contributed by atoms with Crippen molar-refractivity contribution >= 4 is 14.4 Å². The van der Waals surface area contributed by atoms with E-state index in [2.05, 4.69) is 0 Å². The van der Waals surface area contributed by atoms with Gasteiger partial charge < -0.3 is 4.74 Å². The number of ether oxygens (including phenoxy) is 1. The zero-order chi connectivity index (χ0) is 11.8. The van der Waals surface area contributed by atoms with Crippen LogP contribution in [0, 0.1) is 0 Å². The van der Waals surface area contributed by atoms with Crippen molar-refractivity contribution in [3.63, 3.8) is 0 Å². The van der Waals surface area contributed by atoms with Crippen molar-refractivity contribution in [2.24, 2.45) is 0 Å². The first kappa shape index (κ1) is 12.9. The Balaban J connectivity index is 2.46. The standard InChI is InChI=1S/C12H15O3P/c1-2-15-12(13)11(16-14)9-8-10-6-4-3-5-7-10/h3-7,11H,2,8-9H2,1H3. The van der Waals surface area contributed by atoms with Crippen molar-refractivity contribution < 1.29 is 14.1 Å². The Morgan fingerprint density at radius 2 is 2.06 bits per heavy atom. The van der Waals surface area contributed by atoms with Crippen LogP contribution in [0.25, 0.3) is 0 Å². The van der Waals surface area contributed by atoms with Crippen LogP contribution in [-0.2, 0) is 20.5 Å². The summed E-state index contributed by atoms with van der Waals surface area (Å²) in [6.45, 7) is 2.07. The molecule has 4 heteroatoms. The molecule has 1 atom stereocenters. The number of rotatable bonds is 6. The molecule has 0 aliphatic heterocycles. The quantitative estimate of drug-likeness (QED) is 0.565. The molecule has 3 nitrogen and oxygen atoms in total. The minimum atomic E-state index is -0.542. The van der Waals surface area contributed by atoms with Gasteiger partial charge in [-0.05, 0) is 25.3 Å². The molecule has 1 aromatic carbocycles. The van der Waals surface area contributed by atoms with Crippen LogP contribution >= 0.6 is 8.46 Å². The largest absolute Gasteiger partial charge is 0.465 e. The first-order valence-corrected chi connectivity index (χ1v) is 6.19. The first-order valence-electron chi connectivity index (χ1n) is 5.31. The summed E-state index contributed by atoms with van der Waals surface area (Å²) in [6, 6.07) is 9.82. The van der Waals surface area contributed by atoms with Crippen molar-refractivity contribution in [3.8, 4) is 0 Å². The Morgan fingerprint density at radius 3 is 2.62 bits per heavy atom. The SMILES string of the molecule is CCOC(=O)C(CCc1ccccc1)P=O. The molecule has 0 bridgehead atoms. The lowest BCUT2D eigenvalue weighted by molar-refractivity contribution is -0.142. The van der Waals surface area contributed by atoms with Crippen molar-refractivity contribution in [2.75, 3.05) is 6.61 Å². The fourth-order valence-electron chi connectivity index (χ4n) is 1.40. The predicted octanol–water partition coefficient (Wildman–Crippen LogP) is 2.84. The van der Waals surface area contributed by atoms with E-state index in [9.17, 15) is 9.36 Å². The number of benzene rings is 1. The van der Waals surface area contributed by atoms with Gasteiger partial charge in [0.15, 0.2) is 8.46 Å². The molecule has 86 valence electrons. The third-order valence-electron chi connectivity index (χ3n) is 2.24. The van der Waals surface area contributed by atoms with Crippen LogP contribution in [0.3, 0.4) is 0 Å². The second-order valence-corrected chi connectivity index (χ2v) is 4.23. The van der Waals surface area contributed by atoms with Gasteiger partial charge >= 0.3 is 5.97 Å². The van der Waals surface area contributed by atoms with Gasteiger partial charge in [0.25, 0.3) is 0 Å². The summed E-state index contributed by atoms with van der Waals surface area (Å²) in [5, 5.41) is 0. The zero-order valence-corrected chi connectivity index (χ0v) is 10.2. The smallest absolute Gasteiger partial charge is 0.320 e. The number of esters is 1. The van der Waals surface area contributed by atoms with Crippen molar-refractivity contribution in [2.45, 2.75) is 25.4 Å². The highest BCUT2D eigenvalue weighted by Gasteiger charge is 2.19. The molecule has 0 saturated heterocycles. The zero-order valence-electron chi connectivity index (χ0n) is 9.26. The fourth-order valence-corrected chi connectivity index (χ4v) is 1.80. The van der Waals surface area contributed by atoms with E-state index in [0.717, 1.165) is 12.0 Å². The highest BCUT2D eigenvalue weighted by Crippen LogP contribution is 2.16. The maximum Gasteiger partial charge on any atom is 0.320 e. The van der Waals surface area contributed by atoms with E-state index in [-0.39, 0.29) is 14.4 Å². The van der Waals surface area contributed by atoms with Crippen molar-refractivity contribution in [3.05, 3.63) is 35.9 Å². The maximum atomic E-state index is 11.4. The van der Waals surface area contributed by atoms with E-state index in [1.807, 2.05) is 30.3 Å². The Labute approximate surface area is 97.0 Å². The summed E-state index contributed by atoms with van der Waals surface area (Å²) in [5.74, 6) is -0.380. The van der Waals surface area contributed by atoms with E-state index in [1.54, 1.807) is 6.92 Å². The molecule has 0 aliphatic carbocycles.